The Morgan fingerprint density at radius 1 is 1.04 bits per heavy atom. The standard InChI is InChI=1S/C22H28FNO3S/c23-20-6-8-21(9-7-20)28(26,27)17-13-18-10-14-24(15-11-18)16-12-22(25)19-4-2-1-3-5-19/h1-9,18,22,25H,10-17H2. The minimum Gasteiger partial charge on any atom is -0.388 e. The average Bonchev–Trinajstić information content (AvgIpc) is 2.72. The number of benzene rings is 2. The molecular formula is C22H28FNO3S. The first kappa shape index (κ1) is 21.0. The van der Waals surface area contributed by atoms with Gasteiger partial charge < -0.3 is 10.0 Å². The lowest BCUT2D eigenvalue weighted by Crippen LogP contribution is -2.35. The Morgan fingerprint density at radius 2 is 1.68 bits per heavy atom. The van der Waals surface area contributed by atoms with Crippen molar-refractivity contribution in [2.45, 2.75) is 36.7 Å². The van der Waals surface area contributed by atoms with Crippen molar-refractivity contribution in [3.05, 3.63) is 66.0 Å². The van der Waals surface area contributed by atoms with Crippen molar-refractivity contribution in [1.29, 1.82) is 0 Å². The first-order valence-electron chi connectivity index (χ1n) is 9.88. The van der Waals surface area contributed by atoms with Crippen LogP contribution in [0.15, 0.2) is 59.5 Å². The largest absolute Gasteiger partial charge is 0.388 e. The summed E-state index contributed by atoms with van der Waals surface area (Å²) in [5, 5.41) is 10.3. The van der Waals surface area contributed by atoms with E-state index in [2.05, 4.69) is 4.90 Å². The van der Waals surface area contributed by atoms with Crippen LogP contribution in [-0.2, 0) is 9.84 Å². The highest BCUT2D eigenvalue weighted by Gasteiger charge is 2.23. The van der Waals surface area contributed by atoms with Crippen LogP contribution in [0.25, 0.3) is 0 Å². The zero-order valence-electron chi connectivity index (χ0n) is 16.0. The van der Waals surface area contributed by atoms with Gasteiger partial charge in [0.2, 0.25) is 0 Å². The Balaban J connectivity index is 1.40. The lowest BCUT2D eigenvalue weighted by molar-refractivity contribution is 0.122. The number of sulfone groups is 1. The SMILES string of the molecule is O=S(=O)(CCC1CCN(CCC(O)c2ccccc2)CC1)c1ccc(F)cc1. The first-order valence-corrected chi connectivity index (χ1v) is 11.5. The third-order valence-corrected chi connectivity index (χ3v) is 7.34. The number of aliphatic hydroxyl groups excluding tert-OH is 1. The molecule has 4 nitrogen and oxygen atoms in total. The van der Waals surface area contributed by atoms with E-state index >= 15 is 0 Å². The molecule has 1 unspecified atom stereocenters. The number of aliphatic hydroxyl groups is 1. The van der Waals surface area contributed by atoms with Crippen molar-refractivity contribution in [2.24, 2.45) is 5.92 Å². The molecule has 1 fully saturated rings. The van der Waals surface area contributed by atoms with Gasteiger partial charge in [0.15, 0.2) is 9.84 Å². The summed E-state index contributed by atoms with van der Waals surface area (Å²) in [4.78, 5) is 2.54. The second-order valence-corrected chi connectivity index (χ2v) is 9.67. The maximum absolute atomic E-state index is 13.0. The molecule has 1 aliphatic rings. The molecule has 0 saturated carbocycles. The second-order valence-electron chi connectivity index (χ2n) is 7.56. The summed E-state index contributed by atoms with van der Waals surface area (Å²) in [7, 11) is -3.36. The number of rotatable bonds is 8. The van der Waals surface area contributed by atoms with Gasteiger partial charge in [-0.1, -0.05) is 30.3 Å². The lowest BCUT2D eigenvalue weighted by Gasteiger charge is -2.32. The van der Waals surface area contributed by atoms with Crippen LogP contribution in [0.3, 0.4) is 0 Å². The molecule has 1 heterocycles. The summed E-state index contributed by atoms with van der Waals surface area (Å²) in [6.45, 7) is 2.71. The zero-order chi connectivity index (χ0) is 20.0. The average molecular weight is 406 g/mol. The molecule has 28 heavy (non-hydrogen) atoms. The van der Waals surface area contributed by atoms with E-state index in [1.54, 1.807) is 0 Å². The van der Waals surface area contributed by atoms with Crippen LogP contribution in [-0.4, -0.2) is 43.8 Å². The quantitative estimate of drug-likeness (QED) is 0.678. The molecule has 1 saturated heterocycles. The summed E-state index contributed by atoms with van der Waals surface area (Å²) in [6, 6.07) is 14.8. The third-order valence-electron chi connectivity index (χ3n) is 5.58. The molecule has 2 aromatic carbocycles. The van der Waals surface area contributed by atoms with E-state index in [0.29, 0.717) is 18.8 Å². The van der Waals surface area contributed by atoms with Crippen LogP contribution in [0.1, 0.15) is 37.4 Å². The summed E-state index contributed by atoms with van der Waals surface area (Å²) >= 11 is 0. The highest BCUT2D eigenvalue weighted by molar-refractivity contribution is 7.91. The first-order chi connectivity index (χ1) is 13.4. The van der Waals surface area contributed by atoms with Crippen LogP contribution >= 0.6 is 0 Å². The maximum Gasteiger partial charge on any atom is 0.178 e. The van der Waals surface area contributed by atoms with E-state index in [-0.39, 0.29) is 10.6 Å². The fraction of sp³-hybridized carbons (Fsp3) is 0.455. The predicted octanol–water partition coefficient (Wildman–Crippen LogP) is 3.83. The van der Waals surface area contributed by atoms with Crippen LogP contribution in [0.4, 0.5) is 4.39 Å². The summed E-state index contributed by atoms with van der Waals surface area (Å²) < 4.78 is 37.8. The Bertz CT molecular complexity index is 832. The second kappa shape index (κ2) is 9.63. The molecule has 1 atom stereocenters. The number of halogens is 1. The molecule has 0 aromatic heterocycles. The van der Waals surface area contributed by atoms with E-state index in [1.807, 2.05) is 30.3 Å². The highest BCUT2D eigenvalue weighted by Crippen LogP contribution is 2.24. The summed E-state index contributed by atoms with van der Waals surface area (Å²) in [5.41, 5.74) is 0.948. The number of likely N-dealkylation sites (tertiary alicyclic amines) is 1. The molecule has 3 rings (SSSR count). The van der Waals surface area contributed by atoms with E-state index in [4.69, 9.17) is 0 Å². The van der Waals surface area contributed by atoms with E-state index in [0.717, 1.165) is 38.0 Å². The van der Waals surface area contributed by atoms with Gasteiger partial charge in [0, 0.05) is 6.54 Å². The minimum absolute atomic E-state index is 0.107. The molecule has 1 N–H and O–H groups in total. The zero-order valence-corrected chi connectivity index (χ0v) is 16.8. The fourth-order valence-electron chi connectivity index (χ4n) is 3.73. The van der Waals surface area contributed by atoms with Crippen LogP contribution in [0, 0.1) is 11.7 Å². The molecule has 0 amide bonds. The lowest BCUT2D eigenvalue weighted by atomic mass is 9.94. The Morgan fingerprint density at radius 3 is 2.32 bits per heavy atom. The predicted molar refractivity (Wildman–Crippen MR) is 108 cm³/mol. The Labute approximate surface area is 166 Å². The van der Waals surface area contributed by atoms with Crippen LogP contribution in [0.5, 0.6) is 0 Å². The van der Waals surface area contributed by atoms with Crippen LogP contribution in [0.2, 0.25) is 0 Å². The molecule has 152 valence electrons. The van der Waals surface area contributed by atoms with Gasteiger partial charge >= 0.3 is 0 Å². The molecule has 0 aliphatic carbocycles. The normalized spacial score (nSPS) is 17.5. The third kappa shape index (κ3) is 5.87. The van der Waals surface area contributed by atoms with Gasteiger partial charge in [-0.15, -0.1) is 0 Å². The van der Waals surface area contributed by atoms with Gasteiger partial charge in [-0.05, 0) is 74.5 Å². The number of hydrogen-bond acceptors (Lipinski definition) is 4. The van der Waals surface area contributed by atoms with Crippen molar-refractivity contribution in [3.8, 4) is 0 Å². The Hall–Kier alpha value is -1.76. The molecular weight excluding hydrogens is 377 g/mol. The number of hydrogen-bond donors (Lipinski definition) is 1. The smallest absolute Gasteiger partial charge is 0.178 e. The molecule has 2 aromatic rings. The van der Waals surface area contributed by atoms with Crippen molar-refractivity contribution in [1.82, 2.24) is 4.90 Å². The summed E-state index contributed by atoms with van der Waals surface area (Å²) in [5.74, 6) is 0.0740. The monoisotopic (exact) mass is 405 g/mol. The topological polar surface area (TPSA) is 57.6 Å². The van der Waals surface area contributed by atoms with Gasteiger partial charge in [0.1, 0.15) is 5.82 Å². The van der Waals surface area contributed by atoms with E-state index in [1.165, 1.54) is 24.3 Å². The van der Waals surface area contributed by atoms with Crippen molar-refractivity contribution in [2.75, 3.05) is 25.4 Å². The molecule has 0 bridgehead atoms. The van der Waals surface area contributed by atoms with Crippen molar-refractivity contribution >= 4 is 9.84 Å². The minimum atomic E-state index is -3.36. The van der Waals surface area contributed by atoms with Gasteiger partial charge in [-0.2, -0.15) is 0 Å². The van der Waals surface area contributed by atoms with Gasteiger partial charge in [0.25, 0.3) is 0 Å². The van der Waals surface area contributed by atoms with Crippen LogP contribution < -0.4 is 0 Å². The maximum atomic E-state index is 13.0. The molecule has 1 aliphatic heterocycles. The summed E-state index contributed by atoms with van der Waals surface area (Å²) in [6.07, 6.45) is 2.84. The molecule has 6 heteroatoms. The van der Waals surface area contributed by atoms with Gasteiger partial charge in [-0.3, -0.25) is 0 Å². The number of nitrogens with zero attached hydrogens (tertiary/aromatic N) is 1. The van der Waals surface area contributed by atoms with Crippen molar-refractivity contribution < 1.29 is 17.9 Å². The van der Waals surface area contributed by atoms with E-state index < -0.39 is 21.8 Å². The van der Waals surface area contributed by atoms with Gasteiger partial charge in [0.05, 0.1) is 16.8 Å². The number of piperidine rings is 1. The van der Waals surface area contributed by atoms with E-state index in [9.17, 15) is 17.9 Å². The van der Waals surface area contributed by atoms with Gasteiger partial charge in [-0.25, -0.2) is 12.8 Å². The van der Waals surface area contributed by atoms with Crippen molar-refractivity contribution in [3.63, 3.8) is 0 Å². The fourth-order valence-corrected chi connectivity index (χ4v) is 5.16. The Kier molecular flexibility index (Phi) is 7.21. The molecule has 0 spiro atoms. The molecule has 0 radical (unpaired) electrons. The highest BCUT2D eigenvalue weighted by atomic mass is 32.2.